The first-order chi connectivity index (χ1) is 7.08. The van der Waals surface area contributed by atoms with Crippen LogP contribution < -0.4 is 5.56 Å². The third kappa shape index (κ3) is 1.80. The Hall–Kier alpha value is -1.55. The lowest BCUT2D eigenvalue weighted by atomic mass is 10.3. The van der Waals surface area contributed by atoms with Crippen molar-refractivity contribution in [1.82, 2.24) is 9.78 Å². The summed E-state index contributed by atoms with van der Waals surface area (Å²) >= 11 is 5.54. The fourth-order valence-electron chi connectivity index (χ4n) is 1.33. The fourth-order valence-corrected chi connectivity index (χ4v) is 1.45. The van der Waals surface area contributed by atoms with E-state index in [4.69, 9.17) is 11.6 Å². The maximum atomic E-state index is 13.1. The van der Waals surface area contributed by atoms with Crippen LogP contribution in [0.3, 0.4) is 0 Å². The molecular formula is C10H8ClFN2O. The summed E-state index contributed by atoms with van der Waals surface area (Å²) in [5, 5.41) is 2.84. The van der Waals surface area contributed by atoms with Crippen molar-refractivity contribution < 1.29 is 4.39 Å². The molecule has 0 fully saturated rings. The van der Waals surface area contributed by atoms with Crippen LogP contribution in [0.25, 0.3) is 5.69 Å². The Morgan fingerprint density at radius 3 is 2.67 bits per heavy atom. The topological polar surface area (TPSA) is 37.8 Å². The Morgan fingerprint density at radius 1 is 1.40 bits per heavy atom. The number of aromatic amines is 1. The van der Waals surface area contributed by atoms with Crippen LogP contribution in [0.1, 0.15) is 5.69 Å². The number of hydrogen-bond donors (Lipinski definition) is 1. The Balaban J connectivity index is 2.59. The average Bonchev–Trinajstić information content (AvgIpc) is 2.50. The van der Waals surface area contributed by atoms with E-state index in [9.17, 15) is 9.18 Å². The Kier molecular flexibility index (Phi) is 2.36. The van der Waals surface area contributed by atoms with Gasteiger partial charge >= 0.3 is 0 Å². The maximum Gasteiger partial charge on any atom is 0.271 e. The third-order valence-electron chi connectivity index (χ3n) is 2.01. The predicted octanol–water partition coefficient (Wildman–Crippen LogP) is 2.27. The lowest BCUT2D eigenvalue weighted by Gasteiger charge is -2.02. The number of benzene rings is 1. The lowest BCUT2D eigenvalue weighted by molar-refractivity contribution is 0.625. The van der Waals surface area contributed by atoms with E-state index in [1.807, 2.05) is 0 Å². The molecule has 1 heterocycles. The van der Waals surface area contributed by atoms with Gasteiger partial charge in [-0.25, -0.2) is 9.07 Å². The molecule has 2 aromatic rings. The molecule has 0 atom stereocenters. The highest BCUT2D eigenvalue weighted by Gasteiger charge is 2.05. The van der Waals surface area contributed by atoms with E-state index >= 15 is 0 Å². The molecule has 0 spiro atoms. The van der Waals surface area contributed by atoms with E-state index in [0.717, 1.165) is 5.69 Å². The quantitative estimate of drug-likeness (QED) is 0.796. The highest BCUT2D eigenvalue weighted by atomic mass is 35.5. The minimum Gasteiger partial charge on any atom is -0.295 e. The van der Waals surface area contributed by atoms with Crippen molar-refractivity contribution in [3.63, 3.8) is 0 Å². The number of aromatic nitrogens is 2. The molecule has 1 aromatic carbocycles. The van der Waals surface area contributed by atoms with Crippen molar-refractivity contribution in [1.29, 1.82) is 0 Å². The van der Waals surface area contributed by atoms with Gasteiger partial charge in [0.05, 0.1) is 10.7 Å². The molecule has 3 nitrogen and oxygen atoms in total. The van der Waals surface area contributed by atoms with E-state index in [1.165, 1.54) is 22.9 Å². The highest BCUT2D eigenvalue weighted by molar-refractivity contribution is 6.30. The molecule has 0 aliphatic carbocycles. The van der Waals surface area contributed by atoms with E-state index in [1.54, 1.807) is 13.0 Å². The molecule has 0 aliphatic heterocycles. The Labute approximate surface area is 90.1 Å². The summed E-state index contributed by atoms with van der Waals surface area (Å²) in [5.41, 5.74) is 0.916. The molecule has 0 saturated carbocycles. The van der Waals surface area contributed by atoms with Crippen molar-refractivity contribution in [3.8, 4) is 5.69 Å². The van der Waals surface area contributed by atoms with Gasteiger partial charge in [-0.1, -0.05) is 11.6 Å². The molecular weight excluding hydrogens is 219 g/mol. The van der Waals surface area contributed by atoms with Crippen molar-refractivity contribution in [2.45, 2.75) is 6.92 Å². The highest BCUT2D eigenvalue weighted by Crippen LogP contribution is 2.16. The van der Waals surface area contributed by atoms with Crippen LogP contribution in [-0.2, 0) is 0 Å². The van der Waals surface area contributed by atoms with E-state index < -0.39 is 5.82 Å². The SMILES string of the molecule is Cc1cc(=O)n(-c2ccc(Cl)c(F)c2)[nH]1. The predicted molar refractivity (Wildman–Crippen MR) is 56.1 cm³/mol. The van der Waals surface area contributed by atoms with Gasteiger partial charge in [0.25, 0.3) is 5.56 Å². The summed E-state index contributed by atoms with van der Waals surface area (Å²) in [4.78, 5) is 11.4. The van der Waals surface area contributed by atoms with Gasteiger partial charge in [-0.2, -0.15) is 0 Å². The fraction of sp³-hybridized carbons (Fsp3) is 0.100. The summed E-state index contributed by atoms with van der Waals surface area (Å²) in [6, 6.07) is 5.63. The second kappa shape index (κ2) is 3.55. The van der Waals surface area contributed by atoms with Gasteiger partial charge in [0, 0.05) is 17.8 Å². The van der Waals surface area contributed by atoms with E-state index in [2.05, 4.69) is 5.10 Å². The molecule has 0 saturated heterocycles. The number of aryl methyl sites for hydroxylation is 1. The van der Waals surface area contributed by atoms with Crippen LogP contribution >= 0.6 is 11.6 Å². The van der Waals surface area contributed by atoms with Crippen LogP contribution in [0.2, 0.25) is 5.02 Å². The molecule has 0 aliphatic rings. The zero-order chi connectivity index (χ0) is 11.0. The van der Waals surface area contributed by atoms with E-state index in [-0.39, 0.29) is 10.6 Å². The zero-order valence-corrected chi connectivity index (χ0v) is 8.68. The number of nitrogens with zero attached hydrogens (tertiary/aromatic N) is 1. The van der Waals surface area contributed by atoms with Gasteiger partial charge in [-0.05, 0) is 19.1 Å². The van der Waals surface area contributed by atoms with Crippen LogP contribution in [0.4, 0.5) is 4.39 Å². The molecule has 1 N–H and O–H groups in total. The molecule has 0 bridgehead atoms. The van der Waals surface area contributed by atoms with Crippen molar-refractivity contribution in [3.05, 3.63) is 51.2 Å². The standard InChI is InChI=1S/C10H8ClFN2O/c1-6-4-10(15)14(13-6)7-2-3-8(11)9(12)5-7/h2-5,13H,1H3. The number of hydrogen-bond acceptors (Lipinski definition) is 1. The largest absolute Gasteiger partial charge is 0.295 e. The summed E-state index contributed by atoms with van der Waals surface area (Å²) in [7, 11) is 0. The molecule has 15 heavy (non-hydrogen) atoms. The maximum absolute atomic E-state index is 13.1. The van der Waals surface area contributed by atoms with Crippen molar-refractivity contribution >= 4 is 11.6 Å². The van der Waals surface area contributed by atoms with Crippen LogP contribution in [0.15, 0.2) is 29.1 Å². The lowest BCUT2D eigenvalue weighted by Crippen LogP contribution is -2.13. The smallest absolute Gasteiger partial charge is 0.271 e. The van der Waals surface area contributed by atoms with Crippen LogP contribution in [0.5, 0.6) is 0 Å². The Bertz CT molecular complexity index is 559. The Morgan fingerprint density at radius 2 is 2.13 bits per heavy atom. The van der Waals surface area contributed by atoms with Gasteiger partial charge in [-0.15, -0.1) is 0 Å². The monoisotopic (exact) mass is 226 g/mol. The number of nitrogens with one attached hydrogen (secondary N) is 1. The van der Waals surface area contributed by atoms with Gasteiger partial charge in [0.2, 0.25) is 0 Å². The van der Waals surface area contributed by atoms with E-state index in [0.29, 0.717) is 5.69 Å². The first-order valence-corrected chi connectivity index (χ1v) is 4.70. The molecule has 2 rings (SSSR count). The first-order valence-electron chi connectivity index (χ1n) is 4.32. The minimum absolute atomic E-state index is 0.0371. The summed E-state index contributed by atoms with van der Waals surface area (Å²) < 4.78 is 14.4. The summed E-state index contributed by atoms with van der Waals surface area (Å²) in [6.07, 6.45) is 0. The molecule has 78 valence electrons. The zero-order valence-electron chi connectivity index (χ0n) is 7.92. The second-order valence-electron chi connectivity index (χ2n) is 3.21. The average molecular weight is 227 g/mol. The summed E-state index contributed by atoms with van der Waals surface area (Å²) in [6.45, 7) is 1.75. The second-order valence-corrected chi connectivity index (χ2v) is 3.62. The van der Waals surface area contributed by atoms with Crippen LogP contribution in [0, 0.1) is 12.7 Å². The minimum atomic E-state index is -0.548. The molecule has 5 heteroatoms. The van der Waals surface area contributed by atoms with Gasteiger partial charge in [-0.3, -0.25) is 9.89 Å². The van der Waals surface area contributed by atoms with Gasteiger partial charge in [0.1, 0.15) is 5.82 Å². The molecule has 0 radical (unpaired) electrons. The van der Waals surface area contributed by atoms with Gasteiger partial charge in [0.15, 0.2) is 0 Å². The third-order valence-corrected chi connectivity index (χ3v) is 2.32. The molecule has 0 unspecified atom stereocenters. The van der Waals surface area contributed by atoms with Crippen molar-refractivity contribution in [2.24, 2.45) is 0 Å². The number of halogens is 2. The summed E-state index contributed by atoms with van der Waals surface area (Å²) in [5.74, 6) is -0.548. The first kappa shape index (κ1) is 9.98. The molecule has 0 amide bonds. The normalized spacial score (nSPS) is 10.6. The molecule has 1 aromatic heterocycles. The van der Waals surface area contributed by atoms with Gasteiger partial charge < -0.3 is 0 Å². The van der Waals surface area contributed by atoms with Crippen molar-refractivity contribution in [2.75, 3.05) is 0 Å². The number of H-pyrrole nitrogens is 1. The van der Waals surface area contributed by atoms with Crippen LogP contribution in [-0.4, -0.2) is 9.78 Å². The number of rotatable bonds is 1.